The molecule has 164 valence electrons. The standard InChI is InChI=1S/C24H22Cl2F3NS/c1-14-7-17(5-6-18(14)12-30-15(2)16-3-4-16)19-11-23(31-13-19,24(27,28)29)20-8-21(25)10-22(26)9-20/h5-10,13,16,30H,2-4,11-12H2,1H3. The van der Waals surface area contributed by atoms with E-state index in [4.69, 9.17) is 23.2 Å². The first kappa shape index (κ1) is 22.6. The van der Waals surface area contributed by atoms with Crippen molar-refractivity contribution in [1.29, 1.82) is 0 Å². The van der Waals surface area contributed by atoms with Crippen molar-refractivity contribution in [3.8, 4) is 0 Å². The lowest BCUT2D eigenvalue weighted by atomic mass is 9.88. The molecule has 1 nitrogen and oxygen atoms in total. The van der Waals surface area contributed by atoms with Crippen LogP contribution in [0.1, 0.15) is 41.5 Å². The van der Waals surface area contributed by atoms with Crippen molar-refractivity contribution < 1.29 is 13.2 Å². The van der Waals surface area contributed by atoms with Crippen molar-refractivity contribution in [2.75, 3.05) is 0 Å². The zero-order chi connectivity index (χ0) is 22.4. The van der Waals surface area contributed by atoms with E-state index >= 15 is 0 Å². The van der Waals surface area contributed by atoms with E-state index in [1.165, 1.54) is 31.0 Å². The molecule has 1 saturated carbocycles. The fourth-order valence-electron chi connectivity index (χ4n) is 3.86. The van der Waals surface area contributed by atoms with Gasteiger partial charge in [0.25, 0.3) is 0 Å². The van der Waals surface area contributed by atoms with Crippen molar-refractivity contribution >= 4 is 40.5 Å². The number of rotatable bonds is 6. The molecule has 0 saturated heterocycles. The first-order chi connectivity index (χ1) is 14.6. The van der Waals surface area contributed by atoms with E-state index in [-0.39, 0.29) is 22.0 Å². The topological polar surface area (TPSA) is 12.0 Å². The van der Waals surface area contributed by atoms with Crippen LogP contribution in [0.15, 0.2) is 54.1 Å². The summed E-state index contributed by atoms with van der Waals surface area (Å²) in [5, 5.41) is 5.37. The van der Waals surface area contributed by atoms with Gasteiger partial charge in [0.05, 0.1) is 0 Å². The van der Waals surface area contributed by atoms with Crippen LogP contribution in [0.5, 0.6) is 0 Å². The maximum atomic E-state index is 14.3. The number of hydrogen-bond acceptors (Lipinski definition) is 2. The molecule has 2 aromatic rings. The first-order valence-electron chi connectivity index (χ1n) is 10.0. The fraction of sp³-hybridized carbons (Fsp3) is 0.333. The van der Waals surface area contributed by atoms with Gasteiger partial charge in [0, 0.05) is 28.7 Å². The van der Waals surface area contributed by atoms with E-state index in [0.29, 0.717) is 18.0 Å². The maximum Gasteiger partial charge on any atom is 0.407 e. The van der Waals surface area contributed by atoms with Crippen molar-refractivity contribution in [2.45, 2.75) is 43.7 Å². The lowest BCUT2D eigenvalue weighted by Gasteiger charge is -2.32. The first-order valence-corrected chi connectivity index (χ1v) is 11.7. The lowest BCUT2D eigenvalue weighted by Crippen LogP contribution is -2.37. The van der Waals surface area contributed by atoms with Gasteiger partial charge < -0.3 is 5.32 Å². The summed E-state index contributed by atoms with van der Waals surface area (Å²) in [5.74, 6) is 0.579. The highest BCUT2D eigenvalue weighted by Crippen LogP contribution is 2.60. The second kappa shape index (κ2) is 8.42. The molecule has 31 heavy (non-hydrogen) atoms. The van der Waals surface area contributed by atoms with Gasteiger partial charge in [0.15, 0.2) is 0 Å². The van der Waals surface area contributed by atoms with Gasteiger partial charge in [-0.15, -0.1) is 11.8 Å². The van der Waals surface area contributed by atoms with E-state index in [9.17, 15) is 13.2 Å². The third-order valence-electron chi connectivity index (χ3n) is 5.92. The number of allylic oxidation sites excluding steroid dienone is 2. The normalized spacial score (nSPS) is 21.2. The monoisotopic (exact) mass is 483 g/mol. The number of nitrogens with one attached hydrogen (secondary N) is 1. The molecule has 1 fully saturated rings. The van der Waals surface area contributed by atoms with E-state index < -0.39 is 10.9 Å². The van der Waals surface area contributed by atoms with Gasteiger partial charge in [-0.1, -0.05) is 48.0 Å². The average Bonchev–Trinajstić information content (AvgIpc) is 3.43. The van der Waals surface area contributed by atoms with E-state index in [2.05, 4.69) is 11.9 Å². The molecule has 4 rings (SSSR count). The molecular formula is C24H22Cl2F3NS. The SMILES string of the molecule is C=C(NCc1ccc(C2=CSC(c3cc(Cl)cc(Cl)c3)(C(F)(F)F)C2)cc1C)C1CC1. The van der Waals surface area contributed by atoms with Crippen LogP contribution in [0.2, 0.25) is 10.0 Å². The molecule has 0 aromatic heterocycles. The fourth-order valence-corrected chi connectivity index (χ4v) is 5.58. The van der Waals surface area contributed by atoms with E-state index in [1.807, 2.05) is 25.1 Å². The summed E-state index contributed by atoms with van der Waals surface area (Å²) in [4.78, 5) is 0. The van der Waals surface area contributed by atoms with Crippen LogP contribution in [0.4, 0.5) is 13.2 Å². The Kier molecular flexibility index (Phi) is 6.14. The highest BCUT2D eigenvalue weighted by Gasteiger charge is 2.58. The maximum absolute atomic E-state index is 14.3. The molecule has 2 aromatic carbocycles. The van der Waals surface area contributed by atoms with Gasteiger partial charge in [-0.2, -0.15) is 13.2 Å². The summed E-state index contributed by atoms with van der Waals surface area (Å²) in [6, 6.07) is 10.00. The van der Waals surface area contributed by atoms with Crippen LogP contribution in [-0.4, -0.2) is 6.18 Å². The summed E-state index contributed by atoms with van der Waals surface area (Å²) < 4.78 is 40.8. The van der Waals surface area contributed by atoms with Crippen LogP contribution in [-0.2, 0) is 11.3 Å². The largest absolute Gasteiger partial charge is 0.407 e. The summed E-state index contributed by atoms with van der Waals surface area (Å²) in [7, 11) is 0. The summed E-state index contributed by atoms with van der Waals surface area (Å²) >= 11 is 12.8. The third kappa shape index (κ3) is 4.64. The quantitative estimate of drug-likeness (QED) is 0.443. The van der Waals surface area contributed by atoms with Gasteiger partial charge in [-0.3, -0.25) is 0 Å². The Bertz CT molecular complexity index is 1040. The molecule has 1 aliphatic carbocycles. The number of alkyl halides is 3. The van der Waals surface area contributed by atoms with E-state index in [1.54, 1.807) is 5.41 Å². The van der Waals surface area contributed by atoms with Gasteiger partial charge >= 0.3 is 6.18 Å². The Morgan fingerprint density at radius 1 is 1.16 bits per heavy atom. The number of benzene rings is 2. The molecule has 1 aliphatic heterocycles. The second-order valence-corrected chi connectivity index (χ2v) is 10.3. The van der Waals surface area contributed by atoms with Crippen LogP contribution in [0.25, 0.3) is 5.57 Å². The van der Waals surface area contributed by atoms with Gasteiger partial charge in [-0.05, 0) is 77.1 Å². The third-order valence-corrected chi connectivity index (χ3v) is 7.77. The average molecular weight is 484 g/mol. The summed E-state index contributed by atoms with van der Waals surface area (Å²) in [6.45, 7) is 6.73. The Hall–Kier alpha value is -1.56. The molecule has 2 aliphatic rings. The van der Waals surface area contributed by atoms with Gasteiger partial charge in [0.2, 0.25) is 0 Å². The Morgan fingerprint density at radius 3 is 2.42 bits per heavy atom. The zero-order valence-electron chi connectivity index (χ0n) is 17.0. The molecular weight excluding hydrogens is 462 g/mol. The Balaban J connectivity index is 1.57. The molecule has 1 N–H and O–H groups in total. The summed E-state index contributed by atoms with van der Waals surface area (Å²) in [5.41, 5.74) is 4.74. The van der Waals surface area contributed by atoms with Crippen LogP contribution >= 0.6 is 35.0 Å². The lowest BCUT2D eigenvalue weighted by molar-refractivity contribution is -0.160. The zero-order valence-corrected chi connectivity index (χ0v) is 19.3. The minimum absolute atomic E-state index is 0.0740. The van der Waals surface area contributed by atoms with Gasteiger partial charge in [0.1, 0.15) is 4.75 Å². The molecule has 1 heterocycles. The highest BCUT2D eigenvalue weighted by atomic mass is 35.5. The Labute approximate surface area is 194 Å². The van der Waals surface area contributed by atoms with Crippen LogP contribution in [0.3, 0.4) is 0 Å². The molecule has 1 atom stereocenters. The number of thioether (sulfide) groups is 1. The molecule has 7 heteroatoms. The molecule has 0 spiro atoms. The van der Waals surface area contributed by atoms with Crippen LogP contribution < -0.4 is 5.32 Å². The van der Waals surface area contributed by atoms with Crippen molar-refractivity contribution in [2.24, 2.45) is 5.92 Å². The second-order valence-electron chi connectivity index (χ2n) is 8.21. The van der Waals surface area contributed by atoms with E-state index in [0.717, 1.165) is 34.1 Å². The molecule has 0 bridgehead atoms. The number of halogens is 5. The predicted molar refractivity (Wildman–Crippen MR) is 124 cm³/mol. The minimum Gasteiger partial charge on any atom is -0.385 e. The minimum atomic E-state index is -4.47. The van der Waals surface area contributed by atoms with Crippen molar-refractivity contribution in [3.63, 3.8) is 0 Å². The van der Waals surface area contributed by atoms with Crippen molar-refractivity contribution in [3.05, 3.63) is 86.4 Å². The summed E-state index contributed by atoms with van der Waals surface area (Å²) in [6.07, 6.45) is -2.26. The van der Waals surface area contributed by atoms with Gasteiger partial charge in [-0.25, -0.2) is 0 Å². The molecule has 0 radical (unpaired) electrons. The smallest absolute Gasteiger partial charge is 0.385 e. The predicted octanol–water partition coefficient (Wildman–Crippen LogP) is 8.25. The molecule has 1 unspecified atom stereocenters. The molecule has 0 amide bonds. The number of hydrogen-bond donors (Lipinski definition) is 1. The number of aryl methyl sites for hydroxylation is 1. The highest BCUT2D eigenvalue weighted by molar-refractivity contribution is 8.03. The Morgan fingerprint density at radius 2 is 1.84 bits per heavy atom. The van der Waals surface area contributed by atoms with Crippen molar-refractivity contribution in [1.82, 2.24) is 5.32 Å². The van der Waals surface area contributed by atoms with Crippen LogP contribution in [0, 0.1) is 12.8 Å².